The number of aromatic amines is 1. The van der Waals surface area contributed by atoms with Gasteiger partial charge < -0.3 is 4.98 Å². The summed E-state index contributed by atoms with van der Waals surface area (Å²) in [5, 5.41) is 0.597. The molecule has 3 aromatic rings. The van der Waals surface area contributed by atoms with Crippen molar-refractivity contribution >= 4 is 22.9 Å². The molecule has 0 aliphatic heterocycles. The Morgan fingerprint density at radius 1 is 1.17 bits per heavy atom. The standard InChI is InChI=1S/C16H19N5O2S/c1-9(2)11-7-5-6-10(17-11)8-24-15-18-12-13(19-15)20(3)16(23)21(4)14(12)22/h5-7,9H,8H2,1-4H3,(H,18,19). The molecule has 3 heterocycles. The Bertz CT molecular complexity index is 1020. The maximum absolute atomic E-state index is 12.2. The Morgan fingerprint density at radius 2 is 1.92 bits per heavy atom. The van der Waals surface area contributed by atoms with Crippen molar-refractivity contribution in [1.29, 1.82) is 0 Å². The summed E-state index contributed by atoms with van der Waals surface area (Å²) in [7, 11) is 3.06. The van der Waals surface area contributed by atoms with Crippen molar-refractivity contribution in [2.24, 2.45) is 14.1 Å². The van der Waals surface area contributed by atoms with Gasteiger partial charge in [0.25, 0.3) is 5.56 Å². The zero-order valence-corrected chi connectivity index (χ0v) is 14.8. The zero-order valence-electron chi connectivity index (χ0n) is 14.0. The first-order chi connectivity index (χ1) is 11.4. The molecule has 0 saturated heterocycles. The van der Waals surface area contributed by atoms with Crippen LogP contribution in [0, 0.1) is 0 Å². The second-order valence-electron chi connectivity index (χ2n) is 5.94. The lowest BCUT2D eigenvalue weighted by Crippen LogP contribution is -2.36. The van der Waals surface area contributed by atoms with Crippen LogP contribution >= 0.6 is 11.8 Å². The van der Waals surface area contributed by atoms with Crippen molar-refractivity contribution in [3.63, 3.8) is 0 Å². The number of pyridine rings is 1. The van der Waals surface area contributed by atoms with Crippen LogP contribution in [0.25, 0.3) is 11.2 Å². The minimum Gasteiger partial charge on any atom is -0.327 e. The van der Waals surface area contributed by atoms with Gasteiger partial charge in [-0.1, -0.05) is 31.7 Å². The predicted octanol–water partition coefficient (Wildman–Crippen LogP) is 1.77. The molecular weight excluding hydrogens is 326 g/mol. The Morgan fingerprint density at radius 3 is 2.62 bits per heavy atom. The highest BCUT2D eigenvalue weighted by Gasteiger charge is 2.14. The van der Waals surface area contributed by atoms with Gasteiger partial charge in [0.05, 0.1) is 5.69 Å². The Hall–Kier alpha value is -2.35. The average molecular weight is 345 g/mol. The maximum Gasteiger partial charge on any atom is 0.332 e. The molecule has 0 saturated carbocycles. The van der Waals surface area contributed by atoms with E-state index in [1.165, 1.54) is 23.4 Å². The first kappa shape index (κ1) is 16.5. The third kappa shape index (κ3) is 2.89. The van der Waals surface area contributed by atoms with Crippen molar-refractivity contribution in [3.05, 3.63) is 50.4 Å². The summed E-state index contributed by atoms with van der Waals surface area (Å²) in [6.45, 7) is 4.21. The fourth-order valence-corrected chi connectivity index (χ4v) is 3.19. The van der Waals surface area contributed by atoms with E-state index in [1.807, 2.05) is 18.2 Å². The highest BCUT2D eigenvalue weighted by atomic mass is 32.2. The minimum absolute atomic E-state index is 0.339. The number of imidazole rings is 1. The molecule has 0 unspecified atom stereocenters. The lowest BCUT2D eigenvalue weighted by molar-refractivity contribution is 0.708. The van der Waals surface area contributed by atoms with Gasteiger partial charge >= 0.3 is 5.69 Å². The third-order valence-electron chi connectivity index (χ3n) is 3.85. The van der Waals surface area contributed by atoms with Gasteiger partial charge in [0.15, 0.2) is 16.3 Å². The smallest absolute Gasteiger partial charge is 0.327 e. The topological polar surface area (TPSA) is 85.6 Å². The van der Waals surface area contributed by atoms with Crippen LogP contribution in [0.1, 0.15) is 31.2 Å². The quantitative estimate of drug-likeness (QED) is 0.729. The first-order valence-corrected chi connectivity index (χ1v) is 8.61. The highest BCUT2D eigenvalue weighted by molar-refractivity contribution is 7.98. The molecular formula is C16H19N5O2S. The maximum atomic E-state index is 12.2. The van der Waals surface area contributed by atoms with Crippen molar-refractivity contribution in [2.45, 2.75) is 30.7 Å². The number of hydrogen-bond donors (Lipinski definition) is 1. The summed E-state index contributed by atoms with van der Waals surface area (Å²) in [4.78, 5) is 36.1. The number of thioether (sulfide) groups is 1. The first-order valence-electron chi connectivity index (χ1n) is 7.63. The second-order valence-corrected chi connectivity index (χ2v) is 6.91. The molecule has 0 fully saturated rings. The number of hydrogen-bond acceptors (Lipinski definition) is 5. The van der Waals surface area contributed by atoms with E-state index in [1.54, 1.807) is 7.05 Å². The molecule has 3 rings (SSSR count). The van der Waals surface area contributed by atoms with Crippen LogP contribution in [0.4, 0.5) is 0 Å². The van der Waals surface area contributed by atoms with Crippen LogP contribution in [0.2, 0.25) is 0 Å². The van der Waals surface area contributed by atoms with Gasteiger partial charge in [-0.2, -0.15) is 0 Å². The van der Waals surface area contributed by atoms with Crippen LogP contribution in [-0.2, 0) is 19.8 Å². The van der Waals surface area contributed by atoms with Gasteiger partial charge in [0, 0.05) is 25.5 Å². The third-order valence-corrected chi connectivity index (χ3v) is 4.76. The molecule has 0 aliphatic carbocycles. The molecule has 0 spiro atoms. The Balaban J connectivity index is 1.90. The van der Waals surface area contributed by atoms with E-state index < -0.39 is 0 Å². The van der Waals surface area contributed by atoms with E-state index in [4.69, 9.17) is 0 Å². The monoisotopic (exact) mass is 345 g/mol. The lowest BCUT2D eigenvalue weighted by atomic mass is 10.1. The SMILES string of the molecule is CC(C)c1cccc(CSc2nc3c([nH]2)c(=O)n(C)c(=O)n3C)n1. The van der Waals surface area contributed by atoms with Crippen molar-refractivity contribution < 1.29 is 0 Å². The molecule has 0 aromatic carbocycles. The van der Waals surface area contributed by atoms with Crippen LogP contribution in [0.5, 0.6) is 0 Å². The Kier molecular flexibility index (Phi) is 4.31. The fraction of sp³-hybridized carbons (Fsp3) is 0.375. The molecule has 0 bridgehead atoms. The Labute approximate surface area is 142 Å². The number of aromatic nitrogens is 5. The van der Waals surface area contributed by atoms with Crippen molar-refractivity contribution in [1.82, 2.24) is 24.1 Å². The van der Waals surface area contributed by atoms with Crippen LogP contribution in [0.15, 0.2) is 32.9 Å². The number of H-pyrrole nitrogens is 1. The van der Waals surface area contributed by atoms with Gasteiger partial charge in [-0.25, -0.2) is 9.78 Å². The van der Waals surface area contributed by atoms with E-state index in [-0.39, 0.29) is 11.2 Å². The summed E-state index contributed by atoms with van der Waals surface area (Å²) in [5.74, 6) is 1.01. The number of nitrogens with zero attached hydrogens (tertiary/aromatic N) is 4. The predicted molar refractivity (Wildman–Crippen MR) is 94.5 cm³/mol. The number of aryl methyl sites for hydroxylation is 1. The molecule has 0 aliphatic rings. The molecule has 7 nitrogen and oxygen atoms in total. The zero-order chi connectivity index (χ0) is 17.4. The van der Waals surface area contributed by atoms with E-state index in [0.29, 0.717) is 28.0 Å². The van der Waals surface area contributed by atoms with Gasteiger partial charge in [0.1, 0.15) is 0 Å². The number of nitrogens with one attached hydrogen (secondary N) is 1. The summed E-state index contributed by atoms with van der Waals surface area (Å²) in [6, 6.07) is 5.98. The lowest BCUT2D eigenvalue weighted by Gasteiger charge is -2.06. The van der Waals surface area contributed by atoms with Gasteiger partial charge in [-0.3, -0.25) is 18.9 Å². The van der Waals surface area contributed by atoms with E-state index >= 15 is 0 Å². The summed E-state index contributed by atoms with van der Waals surface area (Å²) in [5.41, 5.74) is 1.96. The molecule has 126 valence electrons. The molecule has 1 N–H and O–H groups in total. The number of fused-ring (bicyclic) bond motifs is 1. The average Bonchev–Trinajstić information content (AvgIpc) is 3.01. The van der Waals surface area contributed by atoms with E-state index in [0.717, 1.165) is 16.0 Å². The molecule has 3 aromatic heterocycles. The molecule has 0 radical (unpaired) electrons. The van der Waals surface area contributed by atoms with Crippen LogP contribution < -0.4 is 11.2 Å². The molecule has 8 heteroatoms. The van der Waals surface area contributed by atoms with Crippen LogP contribution in [-0.4, -0.2) is 24.1 Å². The largest absolute Gasteiger partial charge is 0.332 e. The van der Waals surface area contributed by atoms with E-state index in [9.17, 15) is 9.59 Å². The van der Waals surface area contributed by atoms with E-state index in [2.05, 4.69) is 28.8 Å². The van der Waals surface area contributed by atoms with Gasteiger partial charge in [-0.05, 0) is 18.1 Å². The van der Waals surface area contributed by atoms with Crippen LogP contribution in [0.3, 0.4) is 0 Å². The molecule has 24 heavy (non-hydrogen) atoms. The van der Waals surface area contributed by atoms with Gasteiger partial charge in [-0.15, -0.1) is 0 Å². The molecule has 0 amide bonds. The van der Waals surface area contributed by atoms with Gasteiger partial charge in [0.2, 0.25) is 0 Å². The molecule has 0 atom stereocenters. The number of rotatable bonds is 4. The fourth-order valence-electron chi connectivity index (χ4n) is 2.42. The van der Waals surface area contributed by atoms with Crippen molar-refractivity contribution in [2.75, 3.05) is 0 Å². The van der Waals surface area contributed by atoms with Crippen molar-refractivity contribution in [3.8, 4) is 0 Å². The summed E-state index contributed by atoms with van der Waals surface area (Å²) >= 11 is 1.46. The second kappa shape index (κ2) is 6.27. The minimum atomic E-state index is -0.387. The normalized spacial score (nSPS) is 11.5. The highest BCUT2D eigenvalue weighted by Crippen LogP contribution is 2.21. The summed E-state index contributed by atoms with van der Waals surface area (Å²) in [6.07, 6.45) is 0. The summed E-state index contributed by atoms with van der Waals surface area (Å²) < 4.78 is 2.44.